The molecule has 0 unspecified atom stereocenters. The molecule has 0 aliphatic carbocycles. The second kappa shape index (κ2) is 5.67. The van der Waals surface area contributed by atoms with E-state index in [1.807, 2.05) is 54.7 Å². The van der Waals surface area contributed by atoms with Crippen molar-refractivity contribution in [3.8, 4) is 0 Å². The van der Waals surface area contributed by atoms with E-state index in [1.165, 1.54) is 5.39 Å². The number of nitrogens with zero attached hydrogens (tertiary/aromatic N) is 1. The summed E-state index contributed by atoms with van der Waals surface area (Å²) in [5.74, 6) is 0. The normalized spacial score (nSPS) is 10.2. The van der Waals surface area contributed by atoms with Gasteiger partial charge in [-0.15, -0.1) is 0 Å². The number of aromatic nitrogens is 3. The van der Waals surface area contributed by atoms with Gasteiger partial charge in [-0.25, -0.2) is 0 Å². The lowest BCUT2D eigenvalue weighted by molar-refractivity contribution is 1.30. The Labute approximate surface area is 121 Å². The van der Waals surface area contributed by atoms with Crippen LogP contribution >= 0.6 is 12.2 Å². The summed E-state index contributed by atoms with van der Waals surface area (Å²) in [4.78, 5) is 10.2. The first-order valence-electron chi connectivity index (χ1n) is 6.30. The van der Waals surface area contributed by atoms with E-state index in [0.29, 0.717) is 4.77 Å². The molecule has 2 aromatic heterocycles. The molecular formula is C16H13N3S. The van der Waals surface area contributed by atoms with Gasteiger partial charge >= 0.3 is 0 Å². The van der Waals surface area contributed by atoms with Crippen LogP contribution in [0.25, 0.3) is 21.9 Å². The zero-order valence-corrected chi connectivity index (χ0v) is 11.5. The number of aromatic amines is 2. The molecule has 0 amide bonds. The summed E-state index contributed by atoms with van der Waals surface area (Å²) in [7, 11) is 0. The number of rotatable bonds is 0. The molecule has 0 bridgehead atoms. The molecule has 3 nitrogen and oxygen atoms in total. The zero-order chi connectivity index (χ0) is 13.8. The van der Waals surface area contributed by atoms with Crippen LogP contribution in [0, 0.1) is 4.77 Å². The van der Waals surface area contributed by atoms with Crippen LogP contribution in [-0.2, 0) is 0 Å². The van der Waals surface area contributed by atoms with Gasteiger partial charge < -0.3 is 9.97 Å². The molecule has 0 radical (unpaired) electrons. The third-order valence-corrected chi connectivity index (χ3v) is 3.14. The quantitative estimate of drug-likeness (QED) is 0.467. The molecule has 98 valence electrons. The van der Waals surface area contributed by atoms with Crippen LogP contribution in [0.15, 0.2) is 66.9 Å². The van der Waals surface area contributed by atoms with Crippen molar-refractivity contribution in [1.29, 1.82) is 0 Å². The molecule has 0 spiro atoms. The molecule has 4 rings (SSSR count). The number of nitrogens with one attached hydrogen (secondary N) is 2. The van der Waals surface area contributed by atoms with Crippen molar-refractivity contribution in [1.82, 2.24) is 15.0 Å². The molecule has 4 heteroatoms. The number of imidazole rings is 1. The predicted molar refractivity (Wildman–Crippen MR) is 85.2 cm³/mol. The molecule has 0 aliphatic rings. The van der Waals surface area contributed by atoms with Crippen LogP contribution in [-0.4, -0.2) is 15.0 Å². The Bertz CT molecular complexity index is 791. The fourth-order valence-corrected chi connectivity index (χ4v) is 2.21. The first-order valence-corrected chi connectivity index (χ1v) is 6.70. The van der Waals surface area contributed by atoms with Crippen molar-refractivity contribution in [3.63, 3.8) is 0 Å². The first kappa shape index (κ1) is 12.6. The molecule has 2 heterocycles. The standard InChI is InChI=1S/C9H7N.C7H6N2S/c1-2-6-9-8(4-1)5-3-7-10-9;10-7-8-5-3-1-2-4-6(5)9-7/h1-7H;1-4H,(H2,8,9,10). The van der Waals surface area contributed by atoms with Crippen LogP contribution in [0.3, 0.4) is 0 Å². The number of benzene rings is 2. The lowest BCUT2D eigenvalue weighted by atomic mass is 10.2. The zero-order valence-electron chi connectivity index (χ0n) is 10.7. The van der Waals surface area contributed by atoms with Gasteiger partial charge in [0.25, 0.3) is 0 Å². The van der Waals surface area contributed by atoms with Crippen LogP contribution in [0.1, 0.15) is 0 Å². The number of H-pyrrole nitrogens is 2. The summed E-state index contributed by atoms with van der Waals surface area (Å²) >= 11 is 4.90. The molecule has 0 saturated carbocycles. The second-order valence-corrected chi connectivity index (χ2v) is 4.73. The molecule has 2 N–H and O–H groups in total. The van der Waals surface area contributed by atoms with Gasteiger partial charge in [-0.3, -0.25) is 4.98 Å². The predicted octanol–water partition coefficient (Wildman–Crippen LogP) is 4.46. The summed E-state index contributed by atoms with van der Waals surface area (Å²) in [6, 6.07) is 20.0. The number of fused-ring (bicyclic) bond motifs is 2. The Balaban J connectivity index is 0.000000121. The first-order chi connectivity index (χ1) is 9.83. The number of pyridine rings is 1. The summed E-state index contributed by atoms with van der Waals surface area (Å²) in [6.07, 6.45) is 1.81. The van der Waals surface area contributed by atoms with Crippen molar-refractivity contribution in [2.45, 2.75) is 0 Å². The highest BCUT2D eigenvalue weighted by Gasteiger charge is 1.90. The van der Waals surface area contributed by atoms with Gasteiger partial charge in [-0.05, 0) is 36.5 Å². The van der Waals surface area contributed by atoms with E-state index in [1.54, 1.807) is 0 Å². The highest BCUT2D eigenvalue weighted by atomic mass is 32.1. The number of hydrogen-bond donors (Lipinski definition) is 2. The molecule has 20 heavy (non-hydrogen) atoms. The van der Waals surface area contributed by atoms with Gasteiger partial charge in [-0.2, -0.15) is 0 Å². The SMILES string of the molecule is S=c1[nH]c2ccccc2[nH]1.c1ccc2ncccc2c1. The smallest absolute Gasteiger partial charge is 0.175 e. The Hall–Kier alpha value is -2.46. The average molecular weight is 279 g/mol. The van der Waals surface area contributed by atoms with E-state index in [4.69, 9.17) is 12.2 Å². The van der Waals surface area contributed by atoms with E-state index in [9.17, 15) is 0 Å². The Morgan fingerprint density at radius 2 is 1.35 bits per heavy atom. The molecule has 2 aromatic carbocycles. The molecule has 0 fully saturated rings. The summed E-state index contributed by atoms with van der Waals surface area (Å²) < 4.78 is 0.682. The fraction of sp³-hybridized carbons (Fsp3) is 0. The molecule has 0 atom stereocenters. The highest BCUT2D eigenvalue weighted by molar-refractivity contribution is 7.71. The maximum atomic E-state index is 4.90. The highest BCUT2D eigenvalue weighted by Crippen LogP contribution is 2.08. The van der Waals surface area contributed by atoms with Crippen molar-refractivity contribution in [2.75, 3.05) is 0 Å². The largest absolute Gasteiger partial charge is 0.331 e. The van der Waals surface area contributed by atoms with Crippen LogP contribution in [0.4, 0.5) is 0 Å². The minimum absolute atomic E-state index is 0.682. The van der Waals surface area contributed by atoms with Crippen LogP contribution in [0.5, 0.6) is 0 Å². The fourth-order valence-electron chi connectivity index (χ4n) is 1.99. The summed E-state index contributed by atoms with van der Waals surface area (Å²) in [6.45, 7) is 0. The van der Waals surface area contributed by atoms with Gasteiger partial charge in [0.15, 0.2) is 4.77 Å². The van der Waals surface area contributed by atoms with Crippen molar-refractivity contribution < 1.29 is 0 Å². The second-order valence-electron chi connectivity index (χ2n) is 4.32. The summed E-state index contributed by atoms with van der Waals surface area (Å²) in [5, 5.41) is 1.20. The minimum Gasteiger partial charge on any atom is -0.331 e. The average Bonchev–Trinajstić information content (AvgIpc) is 2.88. The third kappa shape index (κ3) is 2.75. The lowest BCUT2D eigenvalue weighted by Gasteiger charge is -1.91. The monoisotopic (exact) mass is 279 g/mol. The van der Waals surface area contributed by atoms with Gasteiger partial charge in [0.05, 0.1) is 16.6 Å². The van der Waals surface area contributed by atoms with Crippen molar-refractivity contribution in [2.24, 2.45) is 0 Å². The van der Waals surface area contributed by atoms with Gasteiger partial charge in [0, 0.05) is 11.6 Å². The maximum absolute atomic E-state index is 4.90. The van der Waals surface area contributed by atoms with Crippen molar-refractivity contribution in [3.05, 3.63) is 71.6 Å². The number of para-hydroxylation sites is 3. The topological polar surface area (TPSA) is 44.5 Å². The third-order valence-electron chi connectivity index (χ3n) is 2.94. The van der Waals surface area contributed by atoms with Crippen LogP contribution in [0.2, 0.25) is 0 Å². The van der Waals surface area contributed by atoms with E-state index in [0.717, 1.165) is 16.6 Å². The van der Waals surface area contributed by atoms with Crippen LogP contribution < -0.4 is 0 Å². The van der Waals surface area contributed by atoms with E-state index in [-0.39, 0.29) is 0 Å². The maximum Gasteiger partial charge on any atom is 0.175 e. The Morgan fingerprint density at radius 3 is 2.05 bits per heavy atom. The molecule has 4 aromatic rings. The Kier molecular flexibility index (Phi) is 3.56. The molecular weight excluding hydrogens is 266 g/mol. The van der Waals surface area contributed by atoms with E-state index in [2.05, 4.69) is 27.1 Å². The van der Waals surface area contributed by atoms with E-state index < -0.39 is 0 Å². The minimum atomic E-state index is 0.682. The van der Waals surface area contributed by atoms with Gasteiger partial charge in [0.2, 0.25) is 0 Å². The molecule has 0 saturated heterocycles. The van der Waals surface area contributed by atoms with Gasteiger partial charge in [0.1, 0.15) is 0 Å². The summed E-state index contributed by atoms with van der Waals surface area (Å²) in [5.41, 5.74) is 3.19. The van der Waals surface area contributed by atoms with E-state index >= 15 is 0 Å². The van der Waals surface area contributed by atoms with Crippen molar-refractivity contribution >= 4 is 34.2 Å². The lowest BCUT2D eigenvalue weighted by Crippen LogP contribution is -1.73. The Morgan fingerprint density at radius 1 is 0.750 bits per heavy atom. The van der Waals surface area contributed by atoms with Gasteiger partial charge in [-0.1, -0.05) is 36.4 Å². The number of hydrogen-bond acceptors (Lipinski definition) is 2. The molecule has 0 aliphatic heterocycles.